The molecule has 0 bridgehead atoms. The van der Waals surface area contributed by atoms with Gasteiger partial charge in [0.25, 0.3) is 15.7 Å². The lowest BCUT2D eigenvalue weighted by Gasteiger charge is -2.10. The molecule has 25 heavy (non-hydrogen) atoms. The van der Waals surface area contributed by atoms with Crippen LogP contribution in [0.1, 0.15) is 5.56 Å². The van der Waals surface area contributed by atoms with Crippen LogP contribution in [-0.2, 0) is 10.0 Å². The zero-order valence-corrected chi connectivity index (χ0v) is 14.2. The van der Waals surface area contributed by atoms with Gasteiger partial charge in [-0.25, -0.2) is 0 Å². The van der Waals surface area contributed by atoms with Crippen LogP contribution in [0.25, 0.3) is 0 Å². The Bertz CT molecular complexity index is 894. The number of non-ortho nitro benzene ring substituents is 1. The fraction of sp³-hybridized carbons (Fsp3) is 0.133. The third-order valence-electron chi connectivity index (χ3n) is 3.15. The molecule has 2 rings (SSSR count). The van der Waals surface area contributed by atoms with Crippen molar-refractivity contribution in [3.8, 4) is 11.5 Å². The first-order valence-electron chi connectivity index (χ1n) is 6.88. The van der Waals surface area contributed by atoms with Crippen LogP contribution < -0.4 is 14.3 Å². The predicted molar refractivity (Wildman–Crippen MR) is 90.6 cm³/mol. The minimum Gasteiger partial charge on any atom is -0.497 e. The summed E-state index contributed by atoms with van der Waals surface area (Å²) in [5.41, 5.74) is 0.421. The van der Waals surface area contributed by atoms with Gasteiger partial charge in [0.05, 0.1) is 25.4 Å². The highest BCUT2D eigenvalue weighted by molar-refractivity contribution is 7.89. The standard InChI is InChI=1S/C15H15N3O6S/c1-23-13-7-8-14(24-2)15(9-13)25(21,22)17-16-10-11-3-5-12(6-4-11)18(19)20/h3-10,17H,1-2H3/b16-10+. The molecule has 0 aliphatic rings. The van der Waals surface area contributed by atoms with Gasteiger partial charge in [-0.1, -0.05) is 0 Å². The summed E-state index contributed by atoms with van der Waals surface area (Å²) in [6, 6.07) is 9.82. The number of nitrogens with zero attached hydrogens (tertiary/aromatic N) is 2. The molecule has 0 aromatic heterocycles. The summed E-state index contributed by atoms with van der Waals surface area (Å²) in [4.78, 5) is 12.0. The lowest BCUT2D eigenvalue weighted by atomic mass is 10.2. The number of nitrogens with one attached hydrogen (secondary N) is 1. The van der Waals surface area contributed by atoms with Crippen LogP contribution in [0, 0.1) is 10.1 Å². The van der Waals surface area contributed by atoms with E-state index in [1.807, 2.05) is 0 Å². The molecule has 2 aromatic carbocycles. The maximum absolute atomic E-state index is 12.4. The van der Waals surface area contributed by atoms with E-state index < -0.39 is 14.9 Å². The van der Waals surface area contributed by atoms with Gasteiger partial charge in [0.1, 0.15) is 16.4 Å². The number of benzene rings is 2. The number of nitro groups is 1. The second kappa shape index (κ2) is 7.62. The van der Waals surface area contributed by atoms with E-state index >= 15 is 0 Å². The van der Waals surface area contributed by atoms with Gasteiger partial charge >= 0.3 is 0 Å². The molecule has 0 heterocycles. The summed E-state index contributed by atoms with van der Waals surface area (Å²) in [5, 5.41) is 14.3. The van der Waals surface area contributed by atoms with E-state index in [4.69, 9.17) is 9.47 Å². The summed E-state index contributed by atoms with van der Waals surface area (Å²) in [5.74, 6) is 0.486. The van der Waals surface area contributed by atoms with E-state index in [-0.39, 0.29) is 16.3 Å². The topological polar surface area (TPSA) is 120 Å². The van der Waals surface area contributed by atoms with Crippen LogP contribution >= 0.6 is 0 Å². The van der Waals surface area contributed by atoms with Crippen LogP contribution in [0.2, 0.25) is 0 Å². The van der Waals surface area contributed by atoms with Crippen molar-refractivity contribution in [3.05, 3.63) is 58.1 Å². The minimum atomic E-state index is -3.99. The van der Waals surface area contributed by atoms with Gasteiger partial charge < -0.3 is 9.47 Å². The summed E-state index contributed by atoms with van der Waals surface area (Å²) in [6.45, 7) is 0. The van der Waals surface area contributed by atoms with Crippen molar-refractivity contribution >= 4 is 21.9 Å². The van der Waals surface area contributed by atoms with Gasteiger partial charge in [-0.15, -0.1) is 0 Å². The molecule has 0 aliphatic carbocycles. The Morgan fingerprint density at radius 2 is 1.80 bits per heavy atom. The van der Waals surface area contributed by atoms with Crippen molar-refractivity contribution in [2.75, 3.05) is 14.2 Å². The average Bonchev–Trinajstić information content (AvgIpc) is 2.61. The number of sulfonamides is 1. The molecule has 0 aliphatic heterocycles. The largest absolute Gasteiger partial charge is 0.497 e. The number of ether oxygens (including phenoxy) is 2. The highest BCUT2D eigenvalue weighted by Crippen LogP contribution is 2.27. The molecule has 0 spiro atoms. The van der Waals surface area contributed by atoms with E-state index in [1.54, 1.807) is 6.07 Å². The van der Waals surface area contributed by atoms with Gasteiger partial charge in [-0.05, 0) is 29.8 Å². The zero-order valence-electron chi connectivity index (χ0n) is 13.4. The Labute approximate surface area is 144 Å². The van der Waals surface area contributed by atoms with E-state index in [1.165, 1.54) is 56.8 Å². The summed E-state index contributed by atoms with van der Waals surface area (Å²) >= 11 is 0. The first-order chi connectivity index (χ1) is 11.9. The second-order valence-electron chi connectivity index (χ2n) is 4.72. The first-order valence-corrected chi connectivity index (χ1v) is 8.37. The Hall–Kier alpha value is -3.14. The van der Waals surface area contributed by atoms with Gasteiger partial charge in [0.15, 0.2) is 0 Å². The fourth-order valence-corrected chi connectivity index (χ4v) is 2.87. The molecular weight excluding hydrogens is 350 g/mol. The summed E-state index contributed by atoms with van der Waals surface area (Å²) < 4.78 is 34.8. The quantitative estimate of drug-likeness (QED) is 0.455. The molecular formula is C15H15N3O6S. The number of hydrogen-bond acceptors (Lipinski definition) is 7. The Balaban J connectivity index is 2.20. The Morgan fingerprint density at radius 3 is 2.36 bits per heavy atom. The number of hydrogen-bond donors (Lipinski definition) is 1. The highest BCUT2D eigenvalue weighted by atomic mass is 32.2. The average molecular weight is 365 g/mol. The van der Waals surface area contributed by atoms with Crippen LogP contribution in [0.3, 0.4) is 0 Å². The molecule has 0 amide bonds. The van der Waals surface area contributed by atoms with Crippen LogP contribution in [0.5, 0.6) is 11.5 Å². The monoisotopic (exact) mass is 365 g/mol. The van der Waals surface area contributed by atoms with Crippen molar-refractivity contribution in [1.82, 2.24) is 4.83 Å². The van der Waals surface area contributed by atoms with Gasteiger partial charge in [-0.3, -0.25) is 10.1 Å². The van der Waals surface area contributed by atoms with E-state index in [0.29, 0.717) is 11.3 Å². The van der Waals surface area contributed by atoms with Gasteiger partial charge in [0, 0.05) is 18.2 Å². The normalized spacial score (nSPS) is 11.3. The van der Waals surface area contributed by atoms with Gasteiger partial charge in [-0.2, -0.15) is 18.4 Å². The van der Waals surface area contributed by atoms with E-state index in [9.17, 15) is 18.5 Å². The Kier molecular flexibility index (Phi) is 5.55. The number of rotatable bonds is 7. The second-order valence-corrected chi connectivity index (χ2v) is 6.35. The maximum Gasteiger partial charge on any atom is 0.280 e. The van der Waals surface area contributed by atoms with Crippen molar-refractivity contribution in [2.24, 2.45) is 5.10 Å². The molecule has 0 atom stereocenters. The van der Waals surface area contributed by atoms with Crippen LogP contribution in [-0.4, -0.2) is 33.8 Å². The highest BCUT2D eigenvalue weighted by Gasteiger charge is 2.19. The smallest absolute Gasteiger partial charge is 0.280 e. The SMILES string of the molecule is COc1ccc(OC)c(S(=O)(=O)N/N=C/c2ccc([N+](=O)[O-])cc2)c1. The van der Waals surface area contributed by atoms with Crippen molar-refractivity contribution in [2.45, 2.75) is 4.90 Å². The number of nitro benzene ring substituents is 1. The predicted octanol–water partition coefficient (Wildman–Crippen LogP) is 1.92. The van der Waals surface area contributed by atoms with Crippen molar-refractivity contribution in [1.29, 1.82) is 0 Å². The fourth-order valence-electron chi connectivity index (χ4n) is 1.90. The summed E-state index contributed by atoms with van der Waals surface area (Å²) in [7, 11) is -1.23. The third kappa shape index (κ3) is 4.44. The molecule has 0 unspecified atom stereocenters. The maximum atomic E-state index is 12.4. The zero-order chi connectivity index (χ0) is 18.4. The summed E-state index contributed by atoms with van der Waals surface area (Å²) in [6.07, 6.45) is 1.23. The minimum absolute atomic E-state index is 0.0705. The molecule has 0 saturated heterocycles. The number of hydrazone groups is 1. The third-order valence-corrected chi connectivity index (χ3v) is 4.39. The molecule has 132 valence electrons. The van der Waals surface area contributed by atoms with E-state index in [0.717, 1.165) is 0 Å². The molecule has 9 nitrogen and oxygen atoms in total. The van der Waals surface area contributed by atoms with Gasteiger partial charge in [0.2, 0.25) is 0 Å². The molecule has 0 radical (unpaired) electrons. The Morgan fingerprint density at radius 1 is 1.12 bits per heavy atom. The van der Waals surface area contributed by atoms with Crippen molar-refractivity contribution in [3.63, 3.8) is 0 Å². The number of methoxy groups -OCH3 is 2. The van der Waals surface area contributed by atoms with Crippen LogP contribution in [0.4, 0.5) is 5.69 Å². The molecule has 0 fully saturated rings. The van der Waals surface area contributed by atoms with Crippen molar-refractivity contribution < 1.29 is 22.8 Å². The molecule has 0 saturated carbocycles. The van der Waals surface area contributed by atoms with Crippen LogP contribution in [0.15, 0.2) is 52.5 Å². The molecule has 10 heteroatoms. The first kappa shape index (κ1) is 18.2. The lowest BCUT2D eigenvalue weighted by molar-refractivity contribution is -0.384. The van der Waals surface area contributed by atoms with E-state index in [2.05, 4.69) is 9.93 Å². The molecule has 1 N–H and O–H groups in total. The lowest BCUT2D eigenvalue weighted by Crippen LogP contribution is -2.19. The molecule has 2 aromatic rings.